The van der Waals surface area contributed by atoms with Crippen LogP contribution in [0.3, 0.4) is 0 Å². The number of ether oxygens (including phenoxy) is 2. The number of aromatic nitrogens is 2. The van der Waals surface area contributed by atoms with E-state index in [-0.39, 0.29) is 11.8 Å². The van der Waals surface area contributed by atoms with Gasteiger partial charge in [-0.15, -0.1) is 0 Å². The van der Waals surface area contributed by atoms with E-state index in [1.54, 1.807) is 6.20 Å². The van der Waals surface area contributed by atoms with Gasteiger partial charge in [-0.2, -0.15) is 0 Å². The Hall–Kier alpha value is -3.03. The van der Waals surface area contributed by atoms with Gasteiger partial charge in [-0.05, 0) is 41.6 Å². The van der Waals surface area contributed by atoms with Gasteiger partial charge in [-0.25, -0.2) is 4.98 Å². The minimum atomic E-state index is 0.0418. The molecule has 0 bridgehead atoms. The third-order valence-electron chi connectivity index (χ3n) is 6.18. The van der Waals surface area contributed by atoms with Gasteiger partial charge in [-0.1, -0.05) is 12.1 Å². The van der Waals surface area contributed by atoms with E-state index in [2.05, 4.69) is 33.1 Å². The number of amides is 1. The molecule has 0 saturated carbocycles. The zero-order valence-corrected chi connectivity index (χ0v) is 18.2. The number of morpholine rings is 1. The third-order valence-corrected chi connectivity index (χ3v) is 6.18. The van der Waals surface area contributed by atoms with Crippen LogP contribution in [0.25, 0.3) is 10.8 Å². The molecule has 5 rings (SSSR count). The van der Waals surface area contributed by atoms with Crippen LogP contribution < -0.4 is 4.90 Å². The highest BCUT2D eigenvalue weighted by Gasteiger charge is 2.24. The van der Waals surface area contributed by atoms with Gasteiger partial charge in [0.25, 0.3) is 5.91 Å². The second-order valence-corrected chi connectivity index (χ2v) is 8.46. The van der Waals surface area contributed by atoms with Crippen molar-refractivity contribution in [3.8, 4) is 0 Å². The molecule has 7 heteroatoms. The number of nitrogens with zero attached hydrogens (tertiary/aromatic N) is 4. The first-order valence-electron chi connectivity index (χ1n) is 11.2. The number of hydrogen-bond acceptors (Lipinski definition) is 6. The molecule has 2 aliphatic heterocycles. The summed E-state index contributed by atoms with van der Waals surface area (Å²) in [4.78, 5) is 26.2. The second kappa shape index (κ2) is 9.63. The zero-order chi connectivity index (χ0) is 21.8. The normalized spacial score (nSPS) is 19.7. The van der Waals surface area contributed by atoms with Gasteiger partial charge < -0.3 is 19.3 Å². The second-order valence-electron chi connectivity index (χ2n) is 8.46. The monoisotopic (exact) mass is 432 g/mol. The van der Waals surface area contributed by atoms with E-state index in [1.807, 2.05) is 35.5 Å². The van der Waals surface area contributed by atoms with E-state index in [0.717, 1.165) is 30.7 Å². The average molecular weight is 433 g/mol. The smallest absolute Gasteiger partial charge is 0.254 e. The molecule has 32 heavy (non-hydrogen) atoms. The van der Waals surface area contributed by atoms with Crippen molar-refractivity contribution < 1.29 is 14.3 Å². The van der Waals surface area contributed by atoms with Crippen molar-refractivity contribution in [3.05, 3.63) is 66.1 Å². The van der Waals surface area contributed by atoms with Crippen LogP contribution in [-0.2, 0) is 15.9 Å². The van der Waals surface area contributed by atoms with Crippen LogP contribution in [0.5, 0.6) is 0 Å². The van der Waals surface area contributed by atoms with Crippen LogP contribution in [-0.4, -0.2) is 73.4 Å². The molecule has 2 aliphatic rings. The first-order chi connectivity index (χ1) is 15.8. The number of pyridine rings is 2. The topological polar surface area (TPSA) is 67.8 Å². The van der Waals surface area contributed by atoms with Crippen LogP contribution in [0.1, 0.15) is 15.9 Å². The first kappa shape index (κ1) is 20.8. The first-order valence-corrected chi connectivity index (χ1v) is 11.2. The lowest BCUT2D eigenvalue weighted by Crippen LogP contribution is -2.38. The fourth-order valence-electron chi connectivity index (χ4n) is 4.48. The van der Waals surface area contributed by atoms with Crippen LogP contribution in [0, 0.1) is 5.92 Å². The molecule has 2 fully saturated rings. The fourth-order valence-corrected chi connectivity index (χ4v) is 4.48. The molecule has 166 valence electrons. The van der Waals surface area contributed by atoms with Gasteiger partial charge in [0.2, 0.25) is 0 Å². The predicted molar refractivity (Wildman–Crippen MR) is 123 cm³/mol. The number of benzene rings is 1. The van der Waals surface area contributed by atoms with Gasteiger partial charge in [0.15, 0.2) is 0 Å². The predicted octanol–water partition coefficient (Wildman–Crippen LogP) is 2.80. The van der Waals surface area contributed by atoms with Gasteiger partial charge in [0, 0.05) is 61.6 Å². The molecule has 1 amide bonds. The number of anilines is 1. The van der Waals surface area contributed by atoms with Gasteiger partial charge in [0.1, 0.15) is 5.82 Å². The molecule has 1 atom stereocenters. The van der Waals surface area contributed by atoms with Crippen molar-refractivity contribution in [2.45, 2.75) is 6.42 Å². The number of carbonyl (C=O) groups is 1. The van der Waals surface area contributed by atoms with Crippen molar-refractivity contribution in [2.75, 3.05) is 57.5 Å². The quantitative estimate of drug-likeness (QED) is 0.632. The molecule has 3 aromatic rings. The summed E-state index contributed by atoms with van der Waals surface area (Å²) < 4.78 is 11.3. The standard InChI is InChI=1S/C25H28N4O3/c30-25(22-4-6-27-24(15-22)28-7-10-31-11-8-28)29-9-12-32-18-20(17-29)13-19-1-2-21-3-5-26-16-23(21)14-19/h1-6,14-16,20H,7-13,17-18H2/t20-/m1/s1. The summed E-state index contributed by atoms with van der Waals surface area (Å²) in [5, 5.41) is 2.33. The lowest BCUT2D eigenvalue weighted by Gasteiger charge is -2.28. The van der Waals surface area contributed by atoms with Crippen LogP contribution >= 0.6 is 0 Å². The Morgan fingerprint density at radius 1 is 0.969 bits per heavy atom. The summed E-state index contributed by atoms with van der Waals surface area (Å²) in [6.07, 6.45) is 6.30. The Balaban J connectivity index is 1.29. The molecular weight excluding hydrogens is 404 g/mol. The number of hydrogen-bond donors (Lipinski definition) is 0. The zero-order valence-electron chi connectivity index (χ0n) is 18.2. The third kappa shape index (κ3) is 4.74. The molecule has 0 N–H and O–H groups in total. The maximum absolute atomic E-state index is 13.4. The SMILES string of the molecule is O=C(c1ccnc(N2CCOCC2)c1)N1CCOC[C@H](Cc2ccc3ccncc3c2)C1. The Labute approximate surface area is 188 Å². The highest BCUT2D eigenvalue weighted by Crippen LogP contribution is 2.21. The van der Waals surface area contributed by atoms with E-state index in [4.69, 9.17) is 9.47 Å². The summed E-state index contributed by atoms with van der Waals surface area (Å²) in [5.41, 5.74) is 1.92. The van der Waals surface area contributed by atoms with E-state index >= 15 is 0 Å². The largest absolute Gasteiger partial charge is 0.379 e. The minimum absolute atomic E-state index is 0.0418. The summed E-state index contributed by atoms with van der Waals surface area (Å²) in [7, 11) is 0. The number of fused-ring (bicyclic) bond motifs is 1. The maximum atomic E-state index is 13.4. The molecule has 1 aromatic carbocycles. The Kier molecular flexibility index (Phi) is 6.27. The molecule has 2 aromatic heterocycles. The van der Waals surface area contributed by atoms with Gasteiger partial charge >= 0.3 is 0 Å². The van der Waals surface area contributed by atoms with E-state index in [0.29, 0.717) is 45.1 Å². The minimum Gasteiger partial charge on any atom is -0.379 e. The Morgan fingerprint density at radius 2 is 1.84 bits per heavy atom. The summed E-state index contributed by atoms with van der Waals surface area (Å²) in [6.45, 7) is 5.48. The molecule has 0 radical (unpaired) electrons. The number of carbonyl (C=O) groups excluding carboxylic acids is 1. The molecule has 0 unspecified atom stereocenters. The molecule has 0 aliphatic carbocycles. The molecule has 2 saturated heterocycles. The van der Waals surface area contributed by atoms with Gasteiger partial charge in [-0.3, -0.25) is 9.78 Å². The van der Waals surface area contributed by atoms with Gasteiger partial charge in [0.05, 0.1) is 26.4 Å². The van der Waals surface area contributed by atoms with Crippen LogP contribution in [0.2, 0.25) is 0 Å². The molecule has 7 nitrogen and oxygen atoms in total. The lowest BCUT2D eigenvalue weighted by molar-refractivity contribution is 0.0737. The lowest BCUT2D eigenvalue weighted by atomic mass is 9.97. The Morgan fingerprint density at radius 3 is 2.75 bits per heavy atom. The highest BCUT2D eigenvalue weighted by molar-refractivity contribution is 5.95. The molecular formula is C25H28N4O3. The van der Waals surface area contributed by atoms with Crippen molar-refractivity contribution in [1.29, 1.82) is 0 Å². The van der Waals surface area contributed by atoms with Crippen molar-refractivity contribution in [3.63, 3.8) is 0 Å². The number of rotatable bonds is 4. The van der Waals surface area contributed by atoms with Crippen molar-refractivity contribution in [1.82, 2.24) is 14.9 Å². The summed E-state index contributed by atoms with van der Waals surface area (Å²) in [6, 6.07) is 12.2. The van der Waals surface area contributed by atoms with Crippen LogP contribution in [0.4, 0.5) is 5.82 Å². The maximum Gasteiger partial charge on any atom is 0.254 e. The summed E-state index contributed by atoms with van der Waals surface area (Å²) >= 11 is 0. The van der Waals surface area contributed by atoms with E-state index < -0.39 is 0 Å². The summed E-state index contributed by atoms with van der Waals surface area (Å²) in [5.74, 6) is 1.13. The Bertz CT molecular complexity index is 1080. The van der Waals surface area contributed by atoms with Crippen molar-refractivity contribution in [2.24, 2.45) is 5.92 Å². The molecule has 4 heterocycles. The average Bonchev–Trinajstić information content (AvgIpc) is 3.10. The highest BCUT2D eigenvalue weighted by atomic mass is 16.5. The molecule has 0 spiro atoms. The van der Waals surface area contributed by atoms with E-state index in [1.165, 1.54) is 10.9 Å². The van der Waals surface area contributed by atoms with E-state index in [9.17, 15) is 4.79 Å². The van der Waals surface area contributed by atoms with Crippen molar-refractivity contribution >= 4 is 22.5 Å². The van der Waals surface area contributed by atoms with Crippen LogP contribution in [0.15, 0.2) is 55.0 Å². The fraction of sp³-hybridized carbons (Fsp3) is 0.400.